The molecule has 168 valence electrons. The van der Waals surface area contributed by atoms with Gasteiger partial charge < -0.3 is 14.6 Å². The monoisotopic (exact) mass is 430 g/mol. The highest BCUT2D eigenvalue weighted by atomic mass is 16.5. The van der Waals surface area contributed by atoms with E-state index in [2.05, 4.69) is 36.4 Å². The minimum absolute atomic E-state index is 0.210. The van der Waals surface area contributed by atoms with E-state index in [4.69, 9.17) is 9.47 Å². The van der Waals surface area contributed by atoms with Gasteiger partial charge in [0.25, 0.3) is 0 Å². The summed E-state index contributed by atoms with van der Waals surface area (Å²) in [6, 6.07) is 26.5. The molecule has 0 aromatic heterocycles. The van der Waals surface area contributed by atoms with Crippen LogP contribution in [0, 0.1) is 5.92 Å². The molecule has 4 rings (SSSR count). The molecule has 0 saturated heterocycles. The highest BCUT2D eigenvalue weighted by Gasteiger charge is 2.21. The van der Waals surface area contributed by atoms with E-state index in [1.54, 1.807) is 0 Å². The Balaban J connectivity index is 1.42. The predicted octanol–water partition coefficient (Wildman–Crippen LogP) is 6.72. The van der Waals surface area contributed by atoms with Gasteiger partial charge in [0.15, 0.2) is 11.5 Å². The third-order valence-corrected chi connectivity index (χ3v) is 6.41. The van der Waals surface area contributed by atoms with Crippen LogP contribution in [0.25, 0.3) is 0 Å². The Labute approximate surface area is 192 Å². The molecule has 0 aliphatic heterocycles. The molecule has 3 aromatic carbocycles. The summed E-state index contributed by atoms with van der Waals surface area (Å²) in [5.74, 6) is 1.97. The lowest BCUT2D eigenvalue weighted by atomic mass is 9.83. The van der Waals surface area contributed by atoms with Crippen molar-refractivity contribution in [2.45, 2.75) is 64.3 Å². The molecule has 3 aromatic rings. The van der Waals surface area contributed by atoms with Crippen molar-refractivity contribution < 1.29 is 14.6 Å². The van der Waals surface area contributed by atoms with Crippen molar-refractivity contribution in [3.63, 3.8) is 0 Å². The molecule has 1 atom stereocenters. The maximum Gasteiger partial charge on any atom is 0.161 e. The van der Waals surface area contributed by atoms with Crippen LogP contribution in [-0.4, -0.2) is 11.2 Å². The van der Waals surface area contributed by atoms with Crippen LogP contribution in [0.3, 0.4) is 0 Å². The summed E-state index contributed by atoms with van der Waals surface area (Å²) in [7, 11) is 0. The molecule has 1 unspecified atom stereocenters. The number of benzene rings is 3. The number of rotatable bonds is 10. The van der Waals surface area contributed by atoms with Crippen LogP contribution in [0.1, 0.15) is 55.2 Å². The van der Waals surface area contributed by atoms with Crippen molar-refractivity contribution in [2.24, 2.45) is 5.92 Å². The molecule has 0 radical (unpaired) electrons. The Bertz CT molecular complexity index is 933. The fraction of sp³-hybridized carbons (Fsp3) is 0.379. The number of ether oxygens (including phenoxy) is 2. The number of hydrogen-bond donors (Lipinski definition) is 1. The van der Waals surface area contributed by atoms with Gasteiger partial charge in [-0.05, 0) is 60.4 Å². The Hall–Kier alpha value is -2.78. The molecule has 1 N–H and O–H groups in total. The van der Waals surface area contributed by atoms with Crippen LogP contribution < -0.4 is 9.47 Å². The zero-order valence-corrected chi connectivity index (χ0v) is 18.8. The van der Waals surface area contributed by atoms with Gasteiger partial charge in [-0.15, -0.1) is 0 Å². The smallest absolute Gasteiger partial charge is 0.161 e. The molecule has 1 aliphatic carbocycles. The average molecular weight is 431 g/mol. The van der Waals surface area contributed by atoms with Crippen LogP contribution >= 0.6 is 0 Å². The topological polar surface area (TPSA) is 38.7 Å². The van der Waals surface area contributed by atoms with Gasteiger partial charge in [-0.2, -0.15) is 0 Å². The molecular formula is C29H34O3. The summed E-state index contributed by atoms with van der Waals surface area (Å²) in [5, 5.41) is 10.7. The highest BCUT2D eigenvalue weighted by molar-refractivity contribution is 5.43. The van der Waals surface area contributed by atoms with Gasteiger partial charge in [0.05, 0.1) is 6.10 Å². The number of hydrogen-bond acceptors (Lipinski definition) is 3. The van der Waals surface area contributed by atoms with E-state index in [0.29, 0.717) is 19.1 Å². The van der Waals surface area contributed by atoms with Gasteiger partial charge >= 0.3 is 0 Å². The van der Waals surface area contributed by atoms with Gasteiger partial charge in [0.1, 0.15) is 13.2 Å². The van der Waals surface area contributed by atoms with E-state index in [1.807, 2.05) is 42.5 Å². The lowest BCUT2D eigenvalue weighted by Gasteiger charge is -2.26. The number of aryl methyl sites for hydroxylation is 1. The summed E-state index contributed by atoms with van der Waals surface area (Å²) >= 11 is 0. The van der Waals surface area contributed by atoms with Crippen LogP contribution in [0.4, 0.5) is 0 Å². The van der Waals surface area contributed by atoms with Gasteiger partial charge in [0.2, 0.25) is 0 Å². The first-order valence-electron chi connectivity index (χ1n) is 11.9. The number of aliphatic hydroxyl groups is 1. The molecule has 0 amide bonds. The van der Waals surface area contributed by atoms with Crippen LogP contribution in [0.5, 0.6) is 11.5 Å². The van der Waals surface area contributed by atoms with Crippen molar-refractivity contribution in [2.75, 3.05) is 0 Å². The molecular weight excluding hydrogens is 396 g/mol. The predicted molar refractivity (Wildman–Crippen MR) is 129 cm³/mol. The van der Waals surface area contributed by atoms with Crippen LogP contribution in [0.15, 0.2) is 78.9 Å². The van der Waals surface area contributed by atoms with E-state index in [0.717, 1.165) is 35.5 Å². The lowest BCUT2D eigenvalue weighted by molar-refractivity contribution is 0.0775. The Morgan fingerprint density at radius 3 is 1.91 bits per heavy atom. The second kappa shape index (κ2) is 11.7. The van der Waals surface area contributed by atoms with Gasteiger partial charge in [0, 0.05) is 0 Å². The number of aliphatic hydroxyl groups excluding tert-OH is 1. The molecule has 0 heterocycles. The summed E-state index contributed by atoms with van der Waals surface area (Å²) in [4.78, 5) is 0. The van der Waals surface area contributed by atoms with Crippen molar-refractivity contribution >= 4 is 0 Å². The summed E-state index contributed by atoms with van der Waals surface area (Å²) < 4.78 is 12.3. The normalized spacial score (nSPS) is 15.3. The molecule has 1 fully saturated rings. The average Bonchev–Trinajstić information content (AvgIpc) is 2.87. The Morgan fingerprint density at radius 1 is 0.688 bits per heavy atom. The Kier molecular flexibility index (Phi) is 8.22. The van der Waals surface area contributed by atoms with Crippen molar-refractivity contribution in [3.05, 3.63) is 95.6 Å². The molecule has 1 saturated carbocycles. The van der Waals surface area contributed by atoms with Crippen molar-refractivity contribution in [1.82, 2.24) is 0 Å². The summed E-state index contributed by atoms with van der Waals surface area (Å²) in [6.45, 7) is 0.999. The molecule has 0 spiro atoms. The second-order valence-electron chi connectivity index (χ2n) is 8.83. The maximum absolute atomic E-state index is 10.7. The fourth-order valence-electron chi connectivity index (χ4n) is 4.48. The van der Waals surface area contributed by atoms with E-state index in [9.17, 15) is 5.11 Å². The molecule has 32 heavy (non-hydrogen) atoms. The SMILES string of the molecule is OC(CCc1ccc(OCc2ccccc2)c(OCc2ccccc2)c1)C1CCCCC1. The van der Waals surface area contributed by atoms with Crippen LogP contribution in [0.2, 0.25) is 0 Å². The van der Waals surface area contributed by atoms with Gasteiger partial charge in [-0.1, -0.05) is 86.0 Å². The minimum Gasteiger partial charge on any atom is -0.485 e. The first kappa shape index (κ1) is 22.4. The van der Waals surface area contributed by atoms with Gasteiger partial charge in [-0.25, -0.2) is 0 Å². The van der Waals surface area contributed by atoms with Crippen molar-refractivity contribution in [1.29, 1.82) is 0 Å². The standard InChI is InChI=1S/C29H34O3/c30-27(26-14-8-3-9-15-26)18-16-23-17-19-28(31-21-24-10-4-1-5-11-24)29(20-23)32-22-25-12-6-2-7-13-25/h1-2,4-7,10-13,17,19-20,26-27,30H,3,8-9,14-16,18,21-22H2. The van der Waals surface area contributed by atoms with E-state index in [1.165, 1.54) is 37.7 Å². The van der Waals surface area contributed by atoms with Crippen molar-refractivity contribution in [3.8, 4) is 11.5 Å². The fourth-order valence-corrected chi connectivity index (χ4v) is 4.48. The molecule has 3 heteroatoms. The molecule has 3 nitrogen and oxygen atoms in total. The highest BCUT2D eigenvalue weighted by Crippen LogP contribution is 2.32. The first-order chi connectivity index (χ1) is 15.8. The zero-order chi connectivity index (χ0) is 22.0. The zero-order valence-electron chi connectivity index (χ0n) is 18.8. The largest absolute Gasteiger partial charge is 0.485 e. The molecule has 1 aliphatic rings. The first-order valence-corrected chi connectivity index (χ1v) is 11.9. The molecule has 0 bridgehead atoms. The van der Waals surface area contributed by atoms with E-state index < -0.39 is 0 Å². The maximum atomic E-state index is 10.7. The second-order valence-corrected chi connectivity index (χ2v) is 8.83. The van der Waals surface area contributed by atoms with E-state index in [-0.39, 0.29) is 6.10 Å². The summed E-state index contributed by atoms with van der Waals surface area (Å²) in [5.41, 5.74) is 3.43. The minimum atomic E-state index is -0.210. The quantitative estimate of drug-likeness (QED) is 0.388. The van der Waals surface area contributed by atoms with Crippen LogP contribution in [-0.2, 0) is 19.6 Å². The van der Waals surface area contributed by atoms with Gasteiger partial charge in [-0.3, -0.25) is 0 Å². The lowest BCUT2D eigenvalue weighted by Crippen LogP contribution is -2.23. The Morgan fingerprint density at radius 2 is 1.28 bits per heavy atom. The third kappa shape index (κ3) is 6.61. The third-order valence-electron chi connectivity index (χ3n) is 6.41. The van der Waals surface area contributed by atoms with E-state index >= 15 is 0 Å². The summed E-state index contributed by atoms with van der Waals surface area (Å²) in [6.07, 6.45) is 7.59.